The second-order valence-electron chi connectivity index (χ2n) is 4.29. The molecule has 1 aromatic rings. The summed E-state index contributed by atoms with van der Waals surface area (Å²) < 4.78 is 1.51. The summed E-state index contributed by atoms with van der Waals surface area (Å²) in [5, 5.41) is 2.89. The van der Waals surface area contributed by atoms with Crippen LogP contribution in [0, 0.1) is 0 Å². The van der Waals surface area contributed by atoms with E-state index in [9.17, 15) is 9.59 Å². The molecular formula is C12H18ClN3O2. The third-order valence-electron chi connectivity index (χ3n) is 2.46. The smallest absolute Gasteiger partial charge is 0.255 e. The molecule has 0 spiro atoms. The minimum absolute atomic E-state index is 0.0747. The number of carbonyl (C=O) groups is 1. The van der Waals surface area contributed by atoms with Gasteiger partial charge in [-0.15, -0.1) is 0 Å². The van der Waals surface area contributed by atoms with E-state index < -0.39 is 0 Å². The lowest BCUT2D eigenvalue weighted by Gasteiger charge is -2.14. The Morgan fingerprint density at radius 2 is 2.22 bits per heavy atom. The van der Waals surface area contributed by atoms with Gasteiger partial charge in [0.15, 0.2) is 0 Å². The molecule has 0 aromatic carbocycles. The number of hydrogen-bond acceptors (Lipinski definition) is 3. The number of rotatable bonds is 5. The normalized spacial score (nSPS) is 10.7. The van der Waals surface area contributed by atoms with Crippen molar-refractivity contribution in [2.45, 2.75) is 39.7 Å². The zero-order valence-electron chi connectivity index (χ0n) is 10.9. The average molecular weight is 272 g/mol. The van der Waals surface area contributed by atoms with Gasteiger partial charge in [0.05, 0.1) is 0 Å². The molecule has 0 radical (unpaired) electrons. The van der Waals surface area contributed by atoms with E-state index >= 15 is 0 Å². The van der Waals surface area contributed by atoms with Crippen molar-refractivity contribution in [1.29, 1.82) is 0 Å². The molecule has 0 saturated carbocycles. The number of nitrogens with zero attached hydrogens (tertiary/aromatic N) is 2. The number of amides is 1. The molecule has 1 heterocycles. The molecule has 6 heteroatoms. The molecule has 0 bridgehead atoms. The molecule has 1 amide bonds. The number of nitrogens with one attached hydrogen (secondary N) is 1. The maximum Gasteiger partial charge on any atom is 0.255 e. The fourth-order valence-electron chi connectivity index (χ4n) is 1.66. The third-order valence-corrected chi connectivity index (χ3v) is 2.65. The third kappa shape index (κ3) is 3.84. The highest BCUT2D eigenvalue weighted by Crippen LogP contribution is 2.12. The van der Waals surface area contributed by atoms with Gasteiger partial charge < -0.3 is 5.32 Å². The van der Waals surface area contributed by atoms with E-state index in [2.05, 4.69) is 10.3 Å². The first kappa shape index (κ1) is 14.7. The monoisotopic (exact) mass is 271 g/mol. The minimum atomic E-state index is -0.219. The van der Waals surface area contributed by atoms with Crippen molar-refractivity contribution in [3.8, 4) is 0 Å². The summed E-state index contributed by atoms with van der Waals surface area (Å²) in [5.41, 5.74) is -0.219. The van der Waals surface area contributed by atoms with E-state index in [0.717, 1.165) is 0 Å². The Morgan fingerprint density at radius 3 is 2.78 bits per heavy atom. The Bertz CT molecular complexity index is 483. The predicted molar refractivity (Wildman–Crippen MR) is 70.9 cm³/mol. The van der Waals surface area contributed by atoms with E-state index in [1.165, 1.54) is 10.6 Å². The molecule has 1 rings (SSSR count). The van der Waals surface area contributed by atoms with Crippen LogP contribution in [-0.2, 0) is 11.3 Å². The van der Waals surface area contributed by atoms with Crippen molar-refractivity contribution in [3.05, 3.63) is 27.4 Å². The maximum atomic E-state index is 11.8. The van der Waals surface area contributed by atoms with Crippen molar-refractivity contribution in [2.24, 2.45) is 0 Å². The van der Waals surface area contributed by atoms with Crippen LogP contribution in [0.15, 0.2) is 10.9 Å². The van der Waals surface area contributed by atoms with Gasteiger partial charge in [-0.3, -0.25) is 14.2 Å². The molecule has 0 aliphatic carbocycles. The SMILES string of the molecule is CCNC(=O)CCn1c(C(C)C)nc(Cl)cc1=O. The van der Waals surface area contributed by atoms with Crippen LogP contribution in [-0.4, -0.2) is 22.0 Å². The van der Waals surface area contributed by atoms with Crippen molar-refractivity contribution in [2.75, 3.05) is 6.54 Å². The lowest BCUT2D eigenvalue weighted by atomic mass is 10.2. The van der Waals surface area contributed by atoms with Crippen LogP contribution >= 0.6 is 11.6 Å². The Balaban J connectivity index is 2.94. The first-order valence-corrected chi connectivity index (χ1v) is 6.37. The van der Waals surface area contributed by atoms with Gasteiger partial charge in [-0.05, 0) is 6.92 Å². The fourth-order valence-corrected chi connectivity index (χ4v) is 1.84. The summed E-state index contributed by atoms with van der Waals surface area (Å²) in [6.45, 7) is 6.63. The van der Waals surface area contributed by atoms with Crippen molar-refractivity contribution in [3.63, 3.8) is 0 Å². The van der Waals surface area contributed by atoms with Crippen LogP contribution in [0.3, 0.4) is 0 Å². The summed E-state index contributed by atoms with van der Waals surface area (Å²) in [5.74, 6) is 0.608. The van der Waals surface area contributed by atoms with Gasteiger partial charge in [-0.2, -0.15) is 0 Å². The lowest BCUT2D eigenvalue weighted by molar-refractivity contribution is -0.121. The standard InChI is InChI=1S/C12H18ClN3O2/c1-4-14-10(17)5-6-16-11(18)7-9(13)15-12(16)8(2)3/h7-8H,4-6H2,1-3H3,(H,14,17). The highest BCUT2D eigenvalue weighted by Gasteiger charge is 2.12. The van der Waals surface area contributed by atoms with E-state index in [1.54, 1.807) is 0 Å². The highest BCUT2D eigenvalue weighted by molar-refractivity contribution is 6.29. The maximum absolute atomic E-state index is 11.8. The summed E-state index contributed by atoms with van der Waals surface area (Å²) in [6, 6.07) is 1.27. The molecular weight excluding hydrogens is 254 g/mol. The summed E-state index contributed by atoms with van der Waals surface area (Å²) in [6.07, 6.45) is 0.261. The Morgan fingerprint density at radius 1 is 1.56 bits per heavy atom. The summed E-state index contributed by atoms with van der Waals surface area (Å²) in [7, 11) is 0. The number of aromatic nitrogens is 2. The molecule has 0 unspecified atom stereocenters. The lowest BCUT2D eigenvalue weighted by Crippen LogP contribution is -2.29. The molecule has 0 fully saturated rings. The Hall–Kier alpha value is -1.36. The van der Waals surface area contributed by atoms with Gasteiger partial charge >= 0.3 is 0 Å². The van der Waals surface area contributed by atoms with Gasteiger partial charge in [0.1, 0.15) is 11.0 Å². The van der Waals surface area contributed by atoms with Crippen molar-refractivity contribution in [1.82, 2.24) is 14.9 Å². The molecule has 1 N–H and O–H groups in total. The van der Waals surface area contributed by atoms with Crippen LogP contribution in [0.5, 0.6) is 0 Å². The Kier molecular flexibility index (Phi) is 5.34. The molecule has 0 atom stereocenters. The molecule has 0 saturated heterocycles. The van der Waals surface area contributed by atoms with Crippen molar-refractivity contribution >= 4 is 17.5 Å². The first-order chi connectivity index (χ1) is 8.45. The van der Waals surface area contributed by atoms with Crippen LogP contribution < -0.4 is 10.9 Å². The molecule has 0 aliphatic rings. The summed E-state index contributed by atoms with van der Waals surface area (Å²) in [4.78, 5) is 27.4. The number of hydrogen-bond donors (Lipinski definition) is 1. The summed E-state index contributed by atoms with van der Waals surface area (Å²) >= 11 is 5.77. The van der Waals surface area contributed by atoms with Gasteiger partial charge in [0.25, 0.3) is 5.56 Å². The average Bonchev–Trinajstić information content (AvgIpc) is 2.27. The van der Waals surface area contributed by atoms with Gasteiger partial charge in [-0.25, -0.2) is 4.98 Å². The highest BCUT2D eigenvalue weighted by atomic mass is 35.5. The van der Waals surface area contributed by atoms with E-state index in [4.69, 9.17) is 11.6 Å². The van der Waals surface area contributed by atoms with Crippen LogP contribution in [0.1, 0.15) is 38.9 Å². The second-order valence-corrected chi connectivity index (χ2v) is 4.67. The van der Waals surface area contributed by atoms with Gasteiger partial charge in [-0.1, -0.05) is 25.4 Å². The molecule has 0 aliphatic heterocycles. The molecule has 18 heavy (non-hydrogen) atoms. The van der Waals surface area contributed by atoms with E-state index in [-0.39, 0.29) is 29.0 Å². The quantitative estimate of drug-likeness (QED) is 0.827. The number of carbonyl (C=O) groups excluding carboxylic acids is 1. The largest absolute Gasteiger partial charge is 0.356 e. The fraction of sp³-hybridized carbons (Fsp3) is 0.583. The van der Waals surface area contributed by atoms with Crippen LogP contribution in [0.25, 0.3) is 0 Å². The van der Waals surface area contributed by atoms with Crippen molar-refractivity contribution < 1.29 is 4.79 Å². The van der Waals surface area contributed by atoms with Crippen LogP contribution in [0.2, 0.25) is 5.15 Å². The number of halogens is 1. The zero-order valence-corrected chi connectivity index (χ0v) is 11.6. The molecule has 100 valence electrons. The molecule has 1 aromatic heterocycles. The topological polar surface area (TPSA) is 64.0 Å². The second kappa shape index (κ2) is 6.54. The van der Waals surface area contributed by atoms with Gasteiger partial charge in [0.2, 0.25) is 5.91 Å². The van der Waals surface area contributed by atoms with E-state index in [1.807, 2.05) is 20.8 Å². The Labute approximate surface area is 111 Å². The van der Waals surface area contributed by atoms with Gasteiger partial charge in [0, 0.05) is 31.5 Å². The zero-order chi connectivity index (χ0) is 13.7. The predicted octanol–water partition coefficient (Wildman–Crippen LogP) is 1.55. The van der Waals surface area contributed by atoms with Crippen LogP contribution in [0.4, 0.5) is 0 Å². The minimum Gasteiger partial charge on any atom is -0.356 e. The first-order valence-electron chi connectivity index (χ1n) is 5.99. The molecule has 5 nitrogen and oxygen atoms in total. The van der Waals surface area contributed by atoms with E-state index in [0.29, 0.717) is 18.9 Å².